The number of pyridine rings is 1. The smallest absolute Gasteiger partial charge is 0.0966 e. The quantitative estimate of drug-likeness (QED) is 0.911. The lowest BCUT2D eigenvalue weighted by Crippen LogP contribution is -2.31. The van der Waals surface area contributed by atoms with E-state index >= 15 is 0 Å². The van der Waals surface area contributed by atoms with Gasteiger partial charge < -0.3 is 10.0 Å². The van der Waals surface area contributed by atoms with Crippen LogP contribution in [0.1, 0.15) is 35.6 Å². The van der Waals surface area contributed by atoms with Gasteiger partial charge in [-0.1, -0.05) is 18.2 Å². The summed E-state index contributed by atoms with van der Waals surface area (Å²) in [4.78, 5) is 6.84. The maximum Gasteiger partial charge on any atom is 0.0966 e. The van der Waals surface area contributed by atoms with E-state index in [0.29, 0.717) is 0 Å². The molecule has 2 aromatic rings. The van der Waals surface area contributed by atoms with E-state index in [1.807, 2.05) is 18.3 Å². The molecule has 0 spiro atoms. The molecular formula is C17H22N2O. The van der Waals surface area contributed by atoms with Crippen LogP contribution in [0.5, 0.6) is 0 Å². The van der Waals surface area contributed by atoms with E-state index in [2.05, 4.69) is 36.8 Å². The Kier molecular flexibility index (Phi) is 3.48. The molecule has 3 rings (SSSR count). The van der Waals surface area contributed by atoms with Crippen LogP contribution in [0.15, 0.2) is 24.4 Å². The molecule has 1 N–H and O–H groups in total. The monoisotopic (exact) mass is 270 g/mol. The summed E-state index contributed by atoms with van der Waals surface area (Å²) in [5.41, 5.74) is 4.36. The average Bonchev–Trinajstić information content (AvgIpc) is 2.88. The highest BCUT2D eigenvalue weighted by Gasteiger charge is 2.30. The molecule has 2 unspecified atom stereocenters. The lowest BCUT2D eigenvalue weighted by molar-refractivity contribution is 0.0867. The molecule has 2 heterocycles. The van der Waals surface area contributed by atoms with Gasteiger partial charge in [0.2, 0.25) is 0 Å². The molecule has 1 saturated heterocycles. The number of aliphatic hydroxyl groups is 1. The maximum atomic E-state index is 10.8. The minimum Gasteiger partial charge on any atom is -0.387 e. The van der Waals surface area contributed by atoms with Gasteiger partial charge in [0.05, 0.1) is 11.6 Å². The van der Waals surface area contributed by atoms with E-state index in [4.69, 9.17) is 0 Å². The topological polar surface area (TPSA) is 36.4 Å². The van der Waals surface area contributed by atoms with Crippen molar-refractivity contribution < 1.29 is 5.11 Å². The van der Waals surface area contributed by atoms with Gasteiger partial charge in [0.1, 0.15) is 0 Å². The van der Waals surface area contributed by atoms with Crippen molar-refractivity contribution in [2.75, 3.05) is 13.6 Å². The van der Waals surface area contributed by atoms with E-state index in [9.17, 15) is 5.11 Å². The summed E-state index contributed by atoms with van der Waals surface area (Å²) in [6, 6.07) is 6.36. The Morgan fingerprint density at radius 3 is 2.85 bits per heavy atom. The van der Waals surface area contributed by atoms with Crippen LogP contribution in [0, 0.1) is 13.8 Å². The fourth-order valence-corrected chi connectivity index (χ4v) is 3.26. The average molecular weight is 270 g/mol. The Labute approximate surface area is 120 Å². The van der Waals surface area contributed by atoms with Crippen molar-refractivity contribution in [3.05, 3.63) is 41.1 Å². The Hall–Kier alpha value is -1.45. The molecule has 0 bridgehead atoms. The molecular weight excluding hydrogens is 248 g/mol. The van der Waals surface area contributed by atoms with Crippen molar-refractivity contribution in [1.82, 2.24) is 9.88 Å². The van der Waals surface area contributed by atoms with Gasteiger partial charge in [-0.25, -0.2) is 0 Å². The van der Waals surface area contributed by atoms with Crippen molar-refractivity contribution in [3.8, 4) is 0 Å². The summed E-state index contributed by atoms with van der Waals surface area (Å²) in [5, 5.41) is 11.9. The van der Waals surface area contributed by atoms with Crippen LogP contribution < -0.4 is 0 Å². The number of hydrogen-bond donors (Lipinski definition) is 1. The van der Waals surface area contributed by atoms with Crippen molar-refractivity contribution in [2.45, 2.75) is 38.8 Å². The van der Waals surface area contributed by atoms with Crippen LogP contribution in [-0.4, -0.2) is 34.6 Å². The highest BCUT2D eigenvalue weighted by Crippen LogP contribution is 2.32. The fourth-order valence-electron chi connectivity index (χ4n) is 3.26. The van der Waals surface area contributed by atoms with E-state index in [-0.39, 0.29) is 6.04 Å². The molecule has 0 amide bonds. The van der Waals surface area contributed by atoms with Crippen molar-refractivity contribution in [1.29, 1.82) is 0 Å². The zero-order valence-electron chi connectivity index (χ0n) is 12.4. The first-order valence-corrected chi connectivity index (χ1v) is 7.32. The Balaban J connectivity index is 2.10. The first-order chi connectivity index (χ1) is 9.59. The van der Waals surface area contributed by atoms with Crippen LogP contribution in [0.3, 0.4) is 0 Å². The third-order valence-electron chi connectivity index (χ3n) is 4.71. The van der Waals surface area contributed by atoms with Crippen molar-refractivity contribution in [3.63, 3.8) is 0 Å². The number of benzene rings is 1. The van der Waals surface area contributed by atoms with Gasteiger partial charge in [0, 0.05) is 23.2 Å². The standard InChI is InChI=1S/C17H22N2O/c1-11-10-18-16-13(12(11)2)6-4-7-14(16)17(20)15-8-5-9-19(15)3/h4,6-7,10,15,17,20H,5,8-9H2,1-3H3. The summed E-state index contributed by atoms with van der Waals surface area (Å²) < 4.78 is 0. The van der Waals surface area contributed by atoms with Gasteiger partial charge in [-0.3, -0.25) is 4.98 Å². The molecule has 0 radical (unpaired) electrons. The zero-order valence-corrected chi connectivity index (χ0v) is 12.4. The summed E-state index contributed by atoms with van der Waals surface area (Å²) in [6.07, 6.45) is 3.67. The first-order valence-electron chi connectivity index (χ1n) is 7.32. The highest BCUT2D eigenvalue weighted by atomic mass is 16.3. The normalized spacial score (nSPS) is 21.5. The van der Waals surface area contributed by atoms with Crippen LogP contribution >= 0.6 is 0 Å². The van der Waals surface area contributed by atoms with Crippen LogP contribution in [0.25, 0.3) is 10.9 Å². The number of hydrogen-bond acceptors (Lipinski definition) is 3. The lowest BCUT2D eigenvalue weighted by atomic mass is 9.95. The molecule has 1 aliphatic heterocycles. The van der Waals surface area contributed by atoms with Gasteiger partial charge in [-0.2, -0.15) is 0 Å². The summed E-state index contributed by atoms with van der Waals surface area (Å²) in [6.45, 7) is 5.27. The fraction of sp³-hybridized carbons (Fsp3) is 0.471. The summed E-state index contributed by atoms with van der Waals surface area (Å²) in [5.74, 6) is 0. The number of para-hydroxylation sites is 1. The molecule has 3 nitrogen and oxygen atoms in total. The number of fused-ring (bicyclic) bond motifs is 1. The number of likely N-dealkylation sites (N-methyl/N-ethyl adjacent to an activating group) is 1. The summed E-state index contributed by atoms with van der Waals surface area (Å²) in [7, 11) is 2.09. The zero-order chi connectivity index (χ0) is 14.3. The van der Waals surface area contributed by atoms with Crippen molar-refractivity contribution in [2.24, 2.45) is 0 Å². The largest absolute Gasteiger partial charge is 0.387 e. The first kappa shape index (κ1) is 13.5. The number of aromatic nitrogens is 1. The predicted molar refractivity (Wildman–Crippen MR) is 81.8 cm³/mol. The van der Waals surface area contributed by atoms with E-state index < -0.39 is 6.10 Å². The van der Waals surface area contributed by atoms with Crippen LogP contribution in [0.4, 0.5) is 0 Å². The van der Waals surface area contributed by atoms with Gasteiger partial charge in [-0.15, -0.1) is 0 Å². The Bertz CT molecular complexity index is 638. The molecule has 106 valence electrons. The Morgan fingerprint density at radius 2 is 2.15 bits per heavy atom. The van der Waals surface area contributed by atoms with Crippen LogP contribution in [-0.2, 0) is 0 Å². The minimum atomic E-state index is -0.458. The lowest BCUT2D eigenvalue weighted by Gasteiger charge is -2.26. The number of aliphatic hydroxyl groups excluding tert-OH is 1. The molecule has 1 aliphatic rings. The Morgan fingerprint density at radius 1 is 1.35 bits per heavy atom. The molecule has 20 heavy (non-hydrogen) atoms. The number of likely N-dealkylation sites (tertiary alicyclic amines) is 1. The van der Waals surface area contributed by atoms with E-state index in [0.717, 1.165) is 35.9 Å². The highest BCUT2D eigenvalue weighted by molar-refractivity contribution is 5.85. The maximum absolute atomic E-state index is 10.8. The molecule has 1 aromatic carbocycles. The molecule has 0 saturated carbocycles. The van der Waals surface area contributed by atoms with Gasteiger partial charge in [0.25, 0.3) is 0 Å². The van der Waals surface area contributed by atoms with Crippen molar-refractivity contribution >= 4 is 10.9 Å². The molecule has 0 aliphatic carbocycles. The summed E-state index contributed by atoms with van der Waals surface area (Å²) >= 11 is 0. The predicted octanol–water partition coefficient (Wildman–Crippen LogP) is 2.98. The van der Waals surface area contributed by atoms with Gasteiger partial charge in [-0.05, 0) is 51.4 Å². The van der Waals surface area contributed by atoms with Gasteiger partial charge >= 0.3 is 0 Å². The molecule has 1 fully saturated rings. The second-order valence-electron chi connectivity index (χ2n) is 5.94. The van der Waals surface area contributed by atoms with Gasteiger partial charge in [0.15, 0.2) is 0 Å². The molecule has 1 aromatic heterocycles. The van der Waals surface area contributed by atoms with E-state index in [1.165, 1.54) is 11.1 Å². The number of rotatable bonds is 2. The number of aryl methyl sites for hydroxylation is 2. The third-order valence-corrected chi connectivity index (χ3v) is 4.71. The molecule has 2 atom stereocenters. The SMILES string of the molecule is Cc1cnc2c(C(O)C3CCCN3C)cccc2c1C. The second-order valence-corrected chi connectivity index (χ2v) is 5.94. The molecule has 3 heteroatoms. The third kappa shape index (κ3) is 2.11. The van der Waals surface area contributed by atoms with Crippen LogP contribution in [0.2, 0.25) is 0 Å². The number of nitrogens with zero attached hydrogens (tertiary/aromatic N) is 2. The minimum absolute atomic E-state index is 0.212. The van der Waals surface area contributed by atoms with E-state index in [1.54, 1.807) is 0 Å². The second kappa shape index (κ2) is 5.15.